The number of rotatable bonds is 7. The molecule has 0 radical (unpaired) electrons. The minimum absolute atomic E-state index is 0.0338. The van der Waals surface area contributed by atoms with Crippen LogP contribution in [0.2, 0.25) is 0 Å². The Morgan fingerprint density at radius 3 is 2.50 bits per heavy atom. The van der Waals surface area contributed by atoms with Crippen LogP contribution in [0.4, 0.5) is 0 Å². The summed E-state index contributed by atoms with van der Waals surface area (Å²) < 4.78 is 5.13. The maximum atomic E-state index is 11.8. The van der Waals surface area contributed by atoms with E-state index in [-0.39, 0.29) is 12.2 Å². The molecule has 1 aromatic rings. The molecular formula is C16H19N3O3. The topological polar surface area (TPSA) is 105 Å². The molecule has 0 unspecified atom stereocenters. The first kappa shape index (κ1) is 17.2. The van der Waals surface area contributed by atoms with Crippen molar-refractivity contribution < 1.29 is 14.3 Å². The van der Waals surface area contributed by atoms with Crippen molar-refractivity contribution in [2.75, 3.05) is 13.2 Å². The van der Waals surface area contributed by atoms with E-state index >= 15 is 0 Å². The van der Waals surface area contributed by atoms with Crippen LogP contribution >= 0.6 is 0 Å². The number of hydrogen-bond donors (Lipinski definition) is 2. The summed E-state index contributed by atoms with van der Waals surface area (Å²) in [6, 6.07) is 8.52. The molecular weight excluding hydrogens is 282 g/mol. The molecule has 1 aromatic carbocycles. The van der Waals surface area contributed by atoms with Gasteiger partial charge in [0.05, 0.1) is 0 Å². The van der Waals surface area contributed by atoms with E-state index in [1.807, 2.05) is 19.9 Å². The van der Waals surface area contributed by atoms with Gasteiger partial charge in [0.15, 0.2) is 6.61 Å². The van der Waals surface area contributed by atoms with Gasteiger partial charge in [-0.3, -0.25) is 9.59 Å². The van der Waals surface area contributed by atoms with Gasteiger partial charge in [0.25, 0.3) is 11.8 Å². The summed E-state index contributed by atoms with van der Waals surface area (Å²) in [4.78, 5) is 22.5. The number of primary amides is 1. The summed E-state index contributed by atoms with van der Waals surface area (Å²) in [7, 11) is 0. The second-order valence-corrected chi connectivity index (χ2v) is 5.10. The number of ether oxygens (including phenoxy) is 1. The third kappa shape index (κ3) is 6.09. The third-order valence-corrected chi connectivity index (χ3v) is 2.61. The van der Waals surface area contributed by atoms with Crippen molar-refractivity contribution >= 4 is 17.9 Å². The molecule has 22 heavy (non-hydrogen) atoms. The molecule has 0 fully saturated rings. The summed E-state index contributed by atoms with van der Waals surface area (Å²) >= 11 is 0. The number of nitrogens with two attached hydrogens (primary N) is 1. The quantitative estimate of drug-likeness (QED) is 0.583. The highest BCUT2D eigenvalue weighted by Crippen LogP contribution is 2.14. The maximum absolute atomic E-state index is 11.8. The second kappa shape index (κ2) is 8.47. The van der Waals surface area contributed by atoms with Crippen LogP contribution in [0.3, 0.4) is 0 Å². The van der Waals surface area contributed by atoms with E-state index in [1.165, 1.54) is 6.08 Å². The average molecular weight is 301 g/mol. The molecule has 6 heteroatoms. The lowest BCUT2D eigenvalue weighted by Gasteiger charge is -2.07. The van der Waals surface area contributed by atoms with Crippen LogP contribution in [0.25, 0.3) is 6.08 Å². The number of benzene rings is 1. The normalized spacial score (nSPS) is 10.9. The first-order valence-electron chi connectivity index (χ1n) is 6.83. The van der Waals surface area contributed by atoms with Crippen molar-refractivity contribution in [2.24, 2.45) is 11.7 Å². The van der Waals surface area contributed by atoms with E-state index < -0.39 is 11.8 Å². The summed E-state index contributed by atoms with van der Waals surface area (Å²) in [6.45, 7) is 4.26. The van der Waals surface area contributed by atoms with E-state index in [4.69, 9.17) is 15.7 Å². The summed E-state index contributed by atoms with van der Waals surface area (Å²) in [5.41, 5.74) is 5.70. The molecule has 6 nitrogen and oxygen atoms in total. The van der Waals surface area contributed by atoms with Crippen molar-refractivity contribution in [3.63, 3.8) is 0 Å². The predicted octanol–water partition coefficient (Wildman–Crippen LogP) is 1.23. The fourth-order valence-corrected chi connectivity index (χ4v) is 1.52. The highest BCUT2D eigenvalue weighted by atomic mass is 16.5. The number of carbonyl (C=O) groups is 2. The van der Waals surface area contributed by atoms with E-state index in [9.17, 15) is 9.59 Å². The lowest BCUT2D eigenvalue weighted by Crippen LogP contribution is -2.28. The molecule has 116 valence electrons. The van der Waals surface area contributed by atoms with E-state index in [0.717, 1.165) is 0 Å². The van der Waals surface area contributed by atoms with Crippen LogP contribution < -0.4 is 15.8 Å². The molecule has 2 amide bonds. The Labute approximate surface area is 129 Å². The van der Waals surface area contributed by atoms with E-state index in [0.29, 0.717) is 23.8 Å². The van der Waals surface area contributed by atoms with Crippen LogP contribution in [0, 0.1) is 17.2 Å². The minimum atomic E-state index is -0.558. The Bertz CT molecular complexity index is 598. The molecule has 0 atom stereocenters. The number of carbonyl (C=O) groups excluding carboxylic acids is 2. The van der Waals surface area contributed by atoms with E-state index in [2.05, 4.69) is 5.32 Å². The number of hydrogen-bond acceptors (Lipinski definition) is 4. The first-order chi connectivity index (χ1) is 10.4. The van der Waals surface area contributed by atoms with Gasteiger partial charge in [-0.25, -0.2) is 0 Å². The molecule has 0 saturated heterocycles. The van der Waals surface area contributed by atoms with Gasteiger partial charge in [0.1, 0.15) is 17.4 Å². The van der Waals surface area contributed by atoms with Gasteiger partial charge in [0.2, 0.25) is 0 Å². The second-order valence-electron chi connectivity index (χ2n) is 5.10. The molecule has 0 aliphatic heterocycles. The number of nitriles is 1. The van der Waals surface area contributed by atoms with Gasteiger partial charge in [-0.1, -0.05) is 26.0 Å². The van der Waals surface area contributed by atoms with Crippen LogP contribution in [0.1, 0.15) is 19.4 Å². The fraction of sp³-hybridized carbons (Fsp3) is 0.312. The van der Waals surface area contributed by atoms with Crippen LogP contribution in [-0.2, 0) is 9.59 Å². The lowest BCUT2D eigenvalue weighted by molar-refractivity contribution is -0.120. The van der Waals surface area contributed by atoms with Gasteiger partial charge in [-0.2, -0.15) is 5.26 Å². The zero-order chi connectivity index (χ0) is 16.5. The Kier molecular flexibility index (Phi) is 6.64. The molecule has 0 aromatic heterocycles. The van der Waals surface area contributed by atoms with Gasteiger partial charge in [-0.05, 0) is 29.7 Å². The zero-order valence-corrected chi connectivity index (χ0v) is 12.6. The summed E-state index contributed by atoms with van der Waals surface area (Å²) in [5.74, 6) is -0.160. The standard InChI is InChI=1S/C16H19N3O3/c1-11(2)9-19-16(21)13(8-17)7-12-3-5-14(6-4-12)22-10-15(18)20/h3-7,11H,9-10H2,1-2H3,(H2,18,20)(H,19,21)/b13-7+. The Morgan fingerprint density at radius 2 is 2.00 bits per heavy atom. The Morgan fingerprint density at radius 1 is 1.36 bits per heavy atom. The molecule has 3 N–H and O–H groups in total. The molecule has 0 saturated carbocycles. The lowest BCUT2D eigenvalue weighted by atomic mass is 10.1. The number of nitrogens with zero attached hydrogens (tertiary/aromatic N) is 1. The molecule has 0 aliphatic carbocycles. The van der Waals surface area contributed by atoms with Crippen LogP contribution in [0.15, 0.2) is 29.8 Å². The molecule has 1 rings (SSSR count). The molecule has 0 bridgehead atoms. The van der Waals surface area contributed by atoms with Crippen molar-refractivity contribution in [3.05, 3.63) is 35.4 Å². The van der Waals surface area contributed by atoms with Crippen molar-refractivity contribution in [2.45, 2.75) is 13.8 Å². The van der Waals surface area contributed by atoms with E-state index in [1.54, 1.807) is 24.3 Å². The Balaban J connectivity index is 2.75. The third-order valence-electron chi connectivity index (χ3n) is 2.61. The Hall–Kier alpha value is -2.81. The average Bonchev–Trinajstić information content (AvgIpc) is 2.49. The van der Waals surface area contributed by atoms with Gasteiger partial charge >= 0.3 is 0 Å². The smallest absolute Gasteiger partial charge is 0.261 e. The number of nitrogens with one attached hydrogen (secondary N) is 1. The predicted molar refractivity (Wildman–Crippen MR) is 82.6 cm³/mol. The van der Waals surface area contributed by atoms with Crippen molar-refractivity contribution in [1.29, 1.82) is 5.26 Å². The highest BCUT2D eigenvalue weighted by molar-refractivity contribution is 6.01. The van der Waals surface area contributed by atoms with Crippen LogP contribution in [-0.4, -0.2) is 25.0 Å². The zero-order valence-electron chi connectivity index (χ0n) is 12.6. The largest absolute Gasteiger partial charge is 0.484 e. The SMILES string of the molecule is CC(C)CNC(=O)/C(C#N)=C/c1ccc(OCC(N)=O)cc1. The molecule has 0 aliphatic rings. The van der Waals surface area contributed by atoms with Crippen molar-refractivity contribution in [3.8, 4) is 11.8 Å². The fourth-order valence-electron chi connectivity index (χ4n) is 1.52. The highest BCUT2D eigenvalue weighted by Gasteiger charge is 2.09. The minimum Gasteiger partial charge on any atom is -0.484 e. The summed E-state index contributed by atoms with van der Waals surface area (Å²) in [5, 5.41) is 11.8. The van der Waals surface area contributed by atoms with Gasteiger partial charge in [-0.15, -0.1) is 0 Å². The summed E-state index contributed by atoms with van der Waals surface area (Å²) in [6.07, 6.45) is 1.49. The van der Waals surface area contributed by atoms with Gasteiger partial charge in [0, 0.05) is 6.54 Å². The molecule has 0 heterocycles. The molecule has 0 spiro atoms. The van der Waals surface area contributed by atoms with Gasteiger partial charge < -0.3 is 15.8 Å². The van der Waals surface area contributed by atoms with Crippen LogP contribution in [0.5, 0.6) is 5.75 Å². The number of amides is 2. The monoisotopic (exact) mass is 301 g/mol. The maximum Gasteiger partial charge on any atom is 0.261 e. The first-order valence-corrected chi connectivity index (χ1v) is 6.83. The van der Waals surface area contributed by atoms with Crippen molar-refractivity contribution in [1.82, 2.24) is 5.32 Å².